The minimum Gasteiger partial charge on any atom is -0.756 e. The van der Waals surface area contributed by atoms with Gasteiger partial charge in [0, 0.05) is 13.2 Å². The van der Waals surface area contributed by atoms with E-state index in [1.54, 1.807) is 0 Å². The molecule has 0 radical (unpaired) electrons. The molecule has 0 spiro atoms. The summed E-state index contributed by atoms with van der Waals surface area (Å²) in [4.78, 5) is 22.9. The molecule has 0 aliphatic carbocycles. The van der Waals surface area contributed by atoms with Crippen molar-refractivity contribution >= 4 is 7.82 Å². The molecule has 1 rings (SSSR count). The fourth-order valence-corrected chi connectivity index (χ4v) is 0.510. The van der Waals surface area contributed by atoms with Gasteiger partial charge in [0.1, 0.15) is 0 Å². The molecule has 0 amide bonds. The Morgan fingerprint density at radius 1 is 1.27 bits per heavy atom. The third kappa shape index (κ3) is 24.5. The Morgan fingerprint density at radius 2 is 1.55 bits per heavy atom. The molecule has 62 valence electrons. The van der Waals surface area contributed by atoms with Crippen LogP contribution in [0.15, 0.2) is 0 Å². The summed E-state index contributed by atoms with van der Waals surface area (Å²) in [5.74, 6) is 0. The van der Waals surface area contributed by atoms with Crippen LogP contribution in [0.4, 0.5) is 0 Å². The van der Waals surface area contributed by atoms with E-state index in [4.69, 9.17) is 24.0 Å². The molecule has 0 bridgehead atoms. The van der Waals surface area contributed by atoms with Gasteiger partial charge >= 0.3 is 51.4 Å². The SMILES string of the molecule is C1CCOC1.O=P([O-])(O)O.[K+]. The molecule has 0 aromatic carbocycles. The zero-order valence-corrected chi connectivity index (χ0v) is 10.4. The van der Waals surface area contributed by atoms with Gasteiger partial charge in [0.2, 0.25) is 0 Å². The second-order valence-corrected chi connectivity index (χ2v) is 2.79. The van der Waals surface area contributed by atoms with Gasteiger partial charge in [-0.25, -0.2) is 0 Å². The fraction of sp³-hybridized carbons (Fsp3) is 1.00. The van der Waals surface area contributed by atoms with Gasteiger partial charge in [-0.2, -0.15) is 0 Å². The third-order valence-corrected chi connectivity index (χ3v) is 0.827. The van der Waals surface area contributed by atoms with Gasteiger partial charge in [-0.15, -0.1) is 0 Å². The molecular formula is C4H10KO5P. The van der Waals surface area contributed by atoms with Crippen molar-refractivity contribution in [2.45, 2.75) is 12.8 Å². The van der Waals surface area contributed by atoms with Crippen LogP contribution in [0.1, 0.15) is 12.8 Å². The van der Waals surface area contributed by atoms with E-state index in [2.05, 4.69) is 0 Å². The van der Waals surface area contributed by atoms with Crippen LogP contribution in [0.3, 0.4) is 0 Å². The van der Waals surface area contributed by atoms with Crippen LogP contribution in [-0.4, -0.2) is 23.0 Å². The van der Waals surface area contributed by atoms with Crippen molar-refractivity contribution in [1.82, 2.24) is 0 Å². The summed E-state index contributed by atoms with van der Waals surface area (Å²) < 4.78 is 13.7. The summed E-state index contributed by atoms with van der Waals surface area (Å²) in [7, 11) is -4.89. The van der Waals surface area contributed by atoms with Crippen LogP contribution in [0.2, 0.25) is 0 Å². The molecule has 0 aromatic rings. The third-order valence-electron chi connectivity index (χ3n) is 0.827. The van der Waals surface area contributed by atoms with Crippen LogP contribution < -0.4 is 56.3 Å². The van der Waals surface area contributed by atoms with Gasteiger partial charge in [-0.3, -0.25) is 4.57 Å². The van der Waals surface area contributed by atoms with Crippen molar-refractivity contribution < 1.29 is 75.4 Å². The van der Waals surface area contributed by atoms with Gasteiger partial charge in [0.15, 0.2) is 0 Å². The van der Waals surface area contributed by atoms with E-state index in [1.807, 2.05) is 0 Å². The molecule has 1 aliphatic rings. The Kier molecular flexibility index (Phi) is 11.5. The smallest absolute Gasteiger partial charge is 0.756 e. The standard InChI is InChI=1S/C4H8O.K.H3O4P/c1-2-4-5-3-1;;1-5(2,3)4/h1-4H2;;(H3,1,2,3,4)/q;+1;/p-1. The normalized spacial score (nSPS) is 16.3. The summed E-state index contributed by atoms with van der Waals surface area (Å²) in [6.07, 6.45) is 2.56. The molecule has 1 fully saturated rings. The van der Waals surface area contributed by atoms with Crippen molar-refractivity contribution in [2.24, 2.45) is 0 Å². The first-order valence-corrected chi connectivity index (χ1v) is 4.37. The number of rotatable bonds is 0. The zero-order valence-electron chi connectivity index (χ0n) is 6.39. The Balaban J connectivity index is 0. The number of hydrogen-bond acceptors (Lipinski definition) is 3. The summed E-state index contributed by atoms with van der Waals surface area (Å²) in [6.45, 7) is 2.00. The molecule has 1 saturated heterocycles. The van der Waals surface area contributed by atoms with E-state index in [9.17, 15) is 0 Å². The second kappa shape index (κ2) is 8.31. The minimum atomic E-state index is -4.89. The maximum absolute atomic E-state index is 8.77. The van der Waals surface area contributed by atoms with E-state index in [0.717, 1.165) is 13.2 Å². The predicted molar refractivity (Wildman–Crippen MR) is 32.1 cm³/mol. The zero-order chi connectivity index (χ0) is 8.04. The van der Waals surface area contributed by atoms with Crippen LogP contribution in [0.5, 0.6) is 0 Å². The molecule has 0 saturated carbocycles. The monoisotopic (exact) mass is 208 g/mol. The summed E-state index contributed by atoms with van der Waals surface area (Å²) in [6, 6.07) is 0. The summed E-state index contributed by atoms with van der Waals surface area (Å²) in [5.41, 5.74) is 0. The first kappa shape index (κ1) is 15.2. The Hall–Kier alpha value is 1.71. The summed E-state index contributed by atoms with van der Waals surface area (Å²) >= 11 is 0. The largest absolute Gasteiger partial charge is 1.00 e. The number of ether oxygens (including phenoxy) is 1. The quantitative estimate of drug-likeness (QED) is 0.315. The van der Waals surface area contributed by atoms with E-state index < -0.39 is 7.82 Å². The predicted octanol–water partition coefficient (Wildman–Crippen LogP) is -3.76. The van der Waals surface area contributed by atoms with E-state index >= 15 is 0 Å². The van der Waals surface area contributed by atoms with Crippen molar-refractivity contribution in [3.8, 4) is 0 Å². The Labute approximate surface area is 108 Å². The van der Waals surface area contributed by atoms with Gasteiger partial charge in [-0.1, -0.05) is 0 Å². The van der Waals surface area contributed by atoms with Crippen LogP contribution >= 0.6 is 7.82 Å². The molecule has 0 atom stereocenters. The average molecular weight is 208 g/mol. The molecule has 0 unspecified atom stereocenters. The Morgan fingerprint density at radius 3 is 1.64 bits per heavy atom. The molecule has 7 heteroatoms. The van der Waals surface area contributed by atoms with Gasteiger partial charge in [0.25, 0.3) is 7.82 Å². The molecule has 11 heavy (non-hydrogen) atoms. The van der Waals surface area contributed by atoms with Gasteiger partial charge < -0.3 is 19.4 Å². The maximum Gasteiger partial charge on any atom is 1.00 e. The fourth-order valence-electron chi connectivity index (χ4n) is 0.510. The second-order valence-electron chi connectivity index (χ2n) is 1.81. The molecule has 2 N–H and O–H groups in total. The van der Waals surface area contributed by atoms with E-state index in [-0.39, 0.29) is 51.4 Å². The molecule has 0 aromatic heterocycles. The van der Waals surface area contributed by atoms with Crippen molar-refractivity contribution in [2.75, 3.05) is 13.2 Å². The van der Waals surface area contributed by atoms with Crippen molar-refractivity contribution in [1.29, 1.82) is 0 Å². The topological polar surface area (TPSA) is 89.8 Å². The molecule has 5 nitrogen and oxygen atoms in total. The summed E-state index contributed by atoms with van der Waals surface area (Å²) in [5, 5.41) is 0. The average Bonchev–Trinajstić information content (AvgIpc) is 2.07. The molecular weight excluding hydrogens is 198 g/mol. The number of phosphoric acid groups is 1. The van der Waals surface area contributed by atoms with Crippen LogP contribution in [0, 0.1) is 0 Å². The van der Waals surface area contributed by atoms with Gasteiger partial charge in [-0.05, 0) is 12.8 Å². The number of hydrogen-bond donors (Lipinski definition) is 2. The molecule has 1 heterocycles. The van der Waals surface area contributed by atoms with Crippen molar-refractivity contribution in [3.63, 3.8) is 0 Å². The maximum atomic E-state index is 8.77. The van der Waals surface area contributed by atoms with E-state index in [0.29, 0.717) is 0 Å². The first-order valence-electron chi connectivity index (χ1n) is 2.84. The minimum absolute atomic E-state index is 0. The molecule has 1 aliphatic heterocycles. The Bertz CT molecular complexity index is 104. The first-order chi connectivity index (χ1) is 4.50. The van der Waals surface area contributed by atoms with Gasteiger partial charge in [0.05, 0.1) is 0 Å². The van der Waals surface area contributed by atoms with Crippen LogP contribution in [0.25, 0.3) is 0 Å². The van der Waals surface area contributed by atoms with Crippen LogP contribution in [-0.2, 0) is 9.30 Å². The van der Waals surface area contributed by atoms with E-state index in [1.165, 1.54) is 12.8 Å². The van der Waals surface area contributed by atoms with Crippen molar-refractivity contribution in [3.05, 3.63) is 0 Å².